The quantitative estimate of drug-likeness (QED) is 0.739. The molecular weight excluding hydrogens is 248 g/mol. The molecule has 1 atom stereocenters. The average Bonchev–Trinajstić information content (AvgIpc) is 2.88. The lowest BCUT2D eigenvalue weighted by Gasteiger charge is -2.13. The van der Waals surface area contributed by atoms with Crippen LogP contribution >= 0.6 is 0 Å². The highest BCUT2D eigenvalue weighted by Gasteiger charge is 2.18. The third-order valence-corrected chi connectivity index (χ3v) is 3.93. The van der Waals surface area contributed by atoms with Gasteiger partial charge in [0.25, 0.3) is 0 Å². The molecule has 1 aliphatic rings. The molecule has 1 N–H and O–H groups in total. The van der Waals surface area contributed by atoms with Crippen molar-refractivity contribution in [1.82, 2.24) is 10.2 Å². The molecule has 20 heavy (non-hydrogen) atoms. The van der Waals surface area contributed by atoms with Crippen LogP contribution in [0.15, 0.2) is 24.3 Å². The molecule has 2 rings (SSSR count). The minimum absolute atomic E-state index is 0.643. The van der Waals surface area contributed by atoms with Gasteiger partial charge in [-0.3, -0.25) is 0 Å². The fraction of sp³-hybridized carbons (Fsp3) is 0.647. The third-order valence-electron chi connectivity index (χ3n) is 3.93. The molecule has 0 bridgehead atoms. The fourth-order valence-electron chi connectivity index (χ4n) is 2.61. The molecule has 1 aliphatic heterocycles. The molecule has 1 heterocycles. The van der Waals surface area contributed by atoms with Crippen LogP contribution in [0, 0.1) is 0 Å². The van der Waals surface area contributed by atoms with Crippen molar-refractivity contribution in [1.29, 1.82) is 0 Å². The second kappa shape index (κ2) is 8.28. The van der Waals surface area contributed by atoms with Crippen molar-refractivity contribution < 1.29 is 4.74 Å². The van der Waals surface area contributed by atoms with Gasteiger partial charge in [-0.05, 0) is 44.1 Å². The van der Waals surface area contributed by atoms with E-state index in [4.69, 9.17) is 4.74 Å². The lowest BCUT2D eigenvalue weighted by molar-refractivity contribution is 0.306. The Morgan fingerprint density at radius 2 is 2.05 bits per heavy atom. The molecule has 0 aliphatic carbocycles. The molecule has 1 unspecified atom stereocenters. The van der Waals surface area contributed by atoms with E-state index >= 15 is 0 Å². The summed E-state index contributed by atoms with van der Waals surface area (Å²) in [4.78, 5) is 2.38. The van der Waals surface area contributed by atoms with Gasteiger partial charge in [-0.25, -0.2) is 0 Å². The lowest BCUT2D eigenvalue weighted by Crippen LogP contribution is -2.30. The van der Waals surface area contributed by atoms with Gasteiger partial charge in [-0.15, -0.1) is 0 Å². The third kappa shape index (κ3) is 5.14. The second-order valence-electron chi connectivity index (χ2n) is 5.83. The summed E-state index contributed by atoms with van der Waals surface area (Å²) in [7, 11) is 2.19. The average molecular weight is 276 g/mol. The van der Waals surface area contributed by atoms with Crippen LogP contribution in [0.25, 0.3) is 0 Å². The number of unbranched alkanes of at least 4 members (excludes halogenated alkanes) is 2. The zero-order chi connectivity index (χ0) is 14.2. The summed E-state index contributed by atoms with van der Waals surface area (Å²) in [6, 6.07) is 9.15. The Labute approximate surface area is 123 Å². The van der Waals surface area contributed by atoms with E-state index in [1.165, 1.54) is 37.9 Å². The second-order valence-corrected chi connectivity index (χ2v) is 5.83. The highest BCUT2D eigenvalue weighted by molar-refractivity contribution is 5.27. The Morgan fingerprint density at radius 3 is 2.70 bits per heavy atom. The van der Waals surface area contributed by atoms with Crippen LogP contribution in [0.3, 0.4) is 0 Å². The molecule has 1 fully saturated rings. The SMILES string of the molecule is CCCCCOc1ccc(CNC2CCN(C)C2)cc1. The summed E-state index contributed by atoms with van der Waals surface area (Å²) in [5, 5.41) is 3.63. The summed E-state index contributed by atoms with van der Waals surface area (Å²) in [6.07, 6.45) is 4.90. The van der Waals surface area contributed by atoms with E-state index < -0.39 is 0 Å². The molecule has 0 aromatic heterocycles. The Hall–Kier alpha value is -1.06. The molecule has 0 radical (unpaired) electrons. The van der Waals surface area contributed by atoms with Crippen LogP contribution in [0.5, 0.6) is 5.75 Å². The Bertz CT molecular complexity index is 377. The van der Waals surface area contributed by atoms with E-state index in [1.807, 2.05) is 0 Å². The number of nitrogens with one attached hydrogen (secondary N) is 1. The van der Waals surface area contributed by atoms with Gasteiger partial charge in [0.05, 0.1) is 6.61 Å². The van der Waals surface area contributed by atoms with Gasteiger partial charge in [-0.2, -0.15) is 0 Å². The van der Waals surface area contributed by atoms with Crippen molar-refractivity contribution in [3.63, 3.8) is 0 Å². The Kier molecular flexibility index (Phi) is 6.34. The van der Waals surface area contributed by atoms with Crippen molar-refractivity contribution in [2.24, 2.45) is 0 Å². The molecule has 3 nitrogen and oxygen atoms in total. The predicted molar refractivity (Wildman–Crippen MR) is 84.2 cm³/mol. The summed E-state index contributed by atoms with van der Waals surface area (Å²) < 4.78 is 5.73. The van der Waals surface area contributed by atoms with Crippen LogP contribution in [0.2, 0.25) is 0 Å². The number of ether oxygens (including phenoxy) is 1. The molecule has 0 saturated carbocycles. The molecule has 1 aromatic carbocycles. The number of nitrogens with zero attached hydrogens (tertiary/aromatic N) is 1. The van der Waals surface area contributed by atoms with Gasteiger partial charge in [0.2, 0.25) is 0 Å². The van der Waals surface area contributed by atoms with E-state index in [0.29, 0.717) is 6.04 Å². The molecule has 1 saturated heterocycles. The van der Waals surface area contributed by atoms with E-state index in [9.17, 15) is 0 Å². The number of hydrogen-bond donors (Lipinski definition) is 1. The minimum Gasteiger partial charge on any atom is -0.494 e. The van der Waals surface area contributed by atoms with Gasteiger partial charge in [0, 0.05) is 19.1 Å². The number of hydrogen-bond acceptors (Lipinski definition) is 3. The first-order chi connectivity index (χ1) is 9.78. The van der Waals surface area contributed by atoms with Crippen molar-refractivity contribution in [3.8, 4) is 5.75 Å². The number of benzene rings is 1. The van der Waals surface area contributed by atoms with E-state index in [-0.39, 0.29) is 0 Å². The summed E-state index contributed by atoms with van der Waals surface area (Å²) >= 11 is 0. The normalized spacial score (nSPS) is 19.4. The van der Waals surface area contributed by atoms with E-state index in [2.05, 4.69) is 48.5 Å². The molecule has 0 spiro atoms. The zero-order valence-corrected chi connectivity index (χ0v) is 12.9. The lowest BCUT2D eigenvalue weighted by atomic mass is 10.2. The maximum absolute atomic E-state index is 5.73. The standard InChI is InChI=1S/C17H28N2O/c1-3-4-5-12-20-17-8-6-15(7-9-17)13-18-16-10-11-19(2)14-16/h6-9,16,18H,3-5,10-14H2,1-2H3. The number of likely N-dealkylation sites (tertiary alicyclic amines) is 1. The van der Waals surface area contributed by atoms with Gasteiger partial charge in [0.1, 0.15) is 5.75 Å². The molecule has 3 heteroatoms. The van der Waals surface area contributed by atoms with Crippen molar-refractivity contribution >= 4 is 0 Å². The Balaban J connectivity index is 1.68. The van der Waals surface area contributed by atoms with E-state index in [0.717, 1.165) is 25.3 Å². The zero-order valence-electron chi connectivity index (χ0n) is 12.9. The minimum atomic E-state index is 0.643. The monoisotopic (exact) mass is 276 g/mol. The van der Waals surface area contributed by atoms with Crippen LogP contribution in [0.4, 0.5) is 0 Å². The molecule has 112 valence electrons. The molecular formula is C17H28N2O. The summed E-state index contributed by atoms with van der Waals surface area (Å²) in [5.74, 6) is 0.991. The smallest absolute Gasteiger partial charge is 0.119 e. The van der Waals surface area contributed by atoms with E-state index in [1.54, 1.807) is 0 Å². The number of rotatable bonds is 8. The highest BCUT2D eigenvalue weighted by atomic mass is 16.5. The number of likely N-dealkylation sites (N-methyl/N-ethyl adjacent to an activating group) is 1. The van der Waals surface area contributed by atoms with Crippen molar-refractivity contribution in [3.05, 3.63) is 29.8 Å². The topological polar surface area (TPSA) is 24.5 Å². The largest absolute Gasteiger partial charge is 0.494 e. The maximum Gasteiger partial charge on any atom is 0.119 e. The first kappa shape index (κ1) is 15.3. The van der Waals surface area contributed by atoms with Crippen LogP contribution < -0.4 is 10.1 Å². The van der Waals surface area contributed by atoms with Crippen LogP contribution in [-0.4, -0.2) is 37.7 Å². The summed E-state index contributed by atoms with van der Waals surface area (Å²) in [6.45, 7) is 6.37. The van der Waals surface area contributed by atoms with Crippen LogP contribution in [-0.2, 0) is 6.54 Å². The molecule has 0 amide bonds. The van der Waals surface area contributed by atoms with Gasteiger partial charge in [0.15, 0.2) is 0 Å². The van der Waals surface area contributed by atoms with Gasteiger partial charge >= 0.3 is 0 Å². The van der Waals surface area contributed by atoms with Crippen LogP contribution in [0.1, 0.15) is 38.2 Å². The Morgan fingerprint density at radius 1 is 1.25 bits per heavy atom. The maximum atomic E-state index is 5.73. The van der Waals surface area contributed by atoms with Crippen molar-refractivity contribution in [2.75, 3.05) is 26.7 Å². The first-order valence-electron chi connectivity index (χ1n) is 7.91. The first-order valence-corrected chi connectivity index (χ1v) is 7.91. The predicted octanol–water partition coefficient (Wildman–Crippen LogP) is 3.05. The van der Waals surface area contributed by atoms with Crippen molar-refractivity contribution in [2.45, 2.75) is 45.2 Å². The molecule has 1 aromatic rings. The van der Waals surface area contributed by atoms with Gasteiger partial charge < -0.3 is 15.0 Å². The fourth-order valence-corrected chi connectivity index (χ4v) is 2.61. The summed E-state index contributed by atoms with van der Waals surface area (Å²) in [5.41, 5.74) is 1.33. The van der Waals surface area contributed by atoms with Gasteiger partial charge in [-0.1, -0.05) is 31.9 Å². The highest BCUT2D eigenvalue weighted by Crippen LogP contribution is 2.14.